The van der Waals surface area contributed by atoms with Crippen LogP contribution in [0.25, 0.3) is 10.7 Å². The molecule has 0 spiro atoms. The third-order valence-electron chi connectivity index (χ3n) is 3.79. The predicted octanol–water partition coefficient (Wildman–Crippen LogP) is 4.47. The maximum Gasteiger partial charge on any atom is 0.263 e. The van der Waals surface area contributed by atoms with E-state index in [1.54, 1.807) is 30.7 Å². The Hall–Kier alpha value is -1.71. The molecule has 0 fully saturated rings. The van der Waals surface area contributed by atoms with Gasteiger partial charge in [-0.3, -0.25) is 4.72 Å². The van der Waals surface area contributed by atoms with Crippen LogP contribution in [-0.4, -0.2) is 18.0 Å². The van der Waals surface area contributed by atoms with E-state index in [9.17, 15) is 12.8 Å². The number of aryl methyl sites for hydroxylation is 1. The second-order valence-electron chi connectivity index (χ2n) is 5.56. The maximum absolute atomic E-state index is 14.0. The predicted molar refractivity (Wildman–Crippen MR) is 101 cm³/mol. The summed E-state index contributed by atoms with van der Waals surface area (Å²) in [5.74, 6) is -0.651. The molecule has 1 N–H and O–H groups in total. The Bertz CT molecular complexity index is 1060. The van der Waals surface area contributed by atoms with Crippen LogP contribution in [0.4, 0.5) is 10.1 Å². The first-order chi connectivity index (χ1) is 11.7. The number of benzene rings is 1. The second-order valence-corrected chi connectivity index (χ2v) is 8.99. The van der Waals surface area contributed by atoms with E-state index in [-0.39, 0.29) is 10.6 Å². The smallest absolute Gasteiger partial charge is 0.263 e. The van der Waals surface area contributed by atoms with E-state index in [2.05, 4.69) is 25.6 Å². The van der Waals surface area contributed by atoms with Gasteiger partial charge in [0.1, 0.15) is 15.7 Å². The number of thiazole rings is 1. The summed E-state index contributed by atoms with van der Waals surface area (Å²) in [6.45, 7) is 3.59. The number of hydrogen-bond donors (Lipinski definition) is 1. The summed E-state index contributed by atoms with van der Waals surface area (Å²) < 4.78 is 44.1. The van der Waals surface area contributed by atoms with Gasteiger partial charge in [0.25, 0.3) is 10.0 Å². The molecule has 2 heterocycles. The van der Waals surface area contributed by atoms with Crippen LogP contribution in [0.5, 0.6) is 0 Å². The van der Waals surface area contributed by atoms with Gasteiger partial charge in [-0.05, 0) is 38.1 Å². The Morgan fingerprint density at radius 2 is 2.00 bits per heavy atom. The molecule has 0 aliphatic rings. The van der Waals surface area contributed by atoms with Crippen LogP contribution in [0, 0.1) is 19.7 Å². The van der Waals surface area contributed by atoms with Crippen molar-refractivity contribution in [2.75, 3.05) is 4.72 Å². The summed E-state index contributed by atoms with van der Waals surface area (Å²) >= 11 is 4.59. The molecule has 3 aromatic rings. The van der Waals surface area contributed by atoms with Crippen molar-refractivity contribution in [3.8, 4) is 10.7 Å². The molecule has 0 bridgehead atoms. The molecule has 3 rings (SSSR count). The van der Waals surface area contributed by atoms with E-state index in [1.165, 1.54) is 23.5 Å². The zero-order valence-corrected chi connectivity index (χ0v) is 16.9. The van der Waals surface area contributed by atoms with E-state index in [4.69, 9.17) is 0 Å². The van der Waals surface area contributed by atoms with Crippen LogP contribution in [0.15, 0.2) is 39.0 Å². The van der Waals surface area contributed by atoms with Gasteiger partial charge in [0.05, 0.1) is 11.4 Å². The lowest BCUT2D eigenvalue weighted by molar-refractivity contribution is 0.597. The van der Waals surface area contributed by atoms with Gasteiger partial charge >= 0.3 is 0 Å². The highest BCUT2D eigenvalue weighted by Crippen LogP contribution is 2.31. The van der Waals surface area contributed by atoms with Crippen LogP contribution < -0.4 is 4.72 Å². The van der Waals surface area contributed by atoms with Crippen molar-refractivity contribution in [3.63, 3.8) is 0 Å². The van der Waals surface area contributed by atoms with Crippen molar-refractivity contribution in [1.82, 2.24) is 9.55 Å². The lowest BCUT2D eigenvalue weighted by Gasteiger charge is -2.09. The molecule has 0 atom stereocenters. The number of sulfonamides is 1. The summed E-state index contributed by atoms with van der Waals surface area (Å²) in [4.78, 5) is 4.50. The molecule has 9 heteroatoms. The highest BCUT2D eigenvalue weighted by atomic mass is 79.9. The molecule has 0 radical (unpaired) electrons. The lowest BCUT2D eigenvalue weighted by atomic mass is 10.3. The molecule has 0 aliphatic carbocycles. The first-order valence-corrected chi connectivity index (χ1v) is 10.4. The molecular weight excluding hydrogens is 429 g/mol. The summed E-state index contributed by atoms with van der Waals surface area (Å²) in [6.07, 6.45) is 0. The molecule has 1 aromatic carbocycles. The van der Waals surface area contributed by atoms with Crippen molar-refractivity contribution >= 4 is 43.0 Å². The summed E-state index contributed by atoms with van der Waals surface area (Å²) in [5.41, 5.74) is 2.02. The number of anilines is 1. The Morgan fingerprint density at radius 1 is 1.28 bits per heavy atom. The fourth-order valence-electron chi connectivity index (χ4n) is 2.39. The van der Waals surface area contributed by atoms with Gasteiger partial charge < -0.3 is 4.57 Å². The van der Waals surface area contributed by atoms with Crippen molar-refractivity contribution in [3.05, 3.63) is 51.3 Å². The number of aromatic nitrogens is 2. The standard InChI is InChI=1S/C16H15BrFN3O2S2/c1-9-8-24-16(19-9)14-7-15(10(2)21(14)3)25(22,23)20-13-5-4-11(17)6-12(13)18/h4-8,20H,1-3H3. The average molecular weight is 444 g/mol. The van der Waals surface area contributed by atoms with E-state index in [0.29, 0.717) is 15.9 Å². The number of nitrogens with zero attached hydrogens (tertiary/aromatic N) is 2. The average Bonchev–Trinajstić information content (AvgIpc) is 3.07. The minimum atomic E-state index is -3.93. The summed E-state index contributed by atoms with van der Waals surface area (Å²) in [5, 5.41) is 2.64. The Balaban J connectivity index is 2.03. The Kier molecular flexibility index (Phi) is 4.74. The number of hydrogen-bond acceptors (Lipinski definition) is 4. The molecule has 0 aliphatic heterocycles. The highest BCUT2D eigenvalue weighted by molar-refractivity contribution is 9.10. The third-order valence-corrected chi connectivity index (χ3v) is 6.75. The topological polar surface area (TPSA) is 64.0 Å². The van der Waals surface area contributed by atoms with Crippen LogP contribution >= 0.6 is 27.3 Å². The largest absolute Gasteiger partial charge is 0.345 e. The molecule has 2 aromatic heterocycles. The van der Waals surface area contributed by atoms with Gasteiger partial charge in [-0.1, -0.05) is 15.9 Å². The third kappa shape index (κ3) is 3.49. The van der Waals surface area contributed by atoms with Gasteiger partial charge in [0, 0.05) is 28.3 Å². The number of halogens is 2. The van der Waals surface area contributed by atoms with Crippen molar-refractivity contribution in [1.29, 1.82) is 0 Å². The van der Waals surface area contributed by atoms with Crippen molar-refractivity contribution < 1.29 is 12.8 Å². The summed E-state index contributed by atoms with van der Waals surface area (Å²) in [7, 11) is -2.15. The van der Waals surface area contributed by atoms with Crippen LogP contribution in [-0.2, 0) is 17.1 Å². The second kappa shape index (κ2) is 6.54. The minimum absolute atomic E-state index is 0.0974. The minimum Gasteiger partial charge on any atom is -0.345 e. The number of nitrogens with one attached hydrogen (secondary N) is 1. The molecule has 0 amide bonds. The highest BCUT2D eigenvalue weighted by Gasteiger charge is 2.24. The molecule has 132 valence electrons. The number of rotatable bonds is 4. The molecular formula is C16H15BrFN3O2S2. The Labute approximate surface area is 157 Å². The van der Waals surface area contributed by atoms with Crippen LogP contribution in [0.1, 0.15) is 11.4 Å². The monoisotopic (exact) mass is 443 g/mol. The molecule has 0 saturated carbocycles. The van der Waals surface area contributed by atoms with Crippen molar-refractivity contribution in [2.24, 2.45) is 7.05 Å². The first kappa shape index (κ1) is 18.1. The summed E-state index contributed by atoms with van der Waals surface area (Å²) in [6, 6.07) is 5.72. The quantitative estimate of drug-likeness (QED) is 0.646. The van der Waals surface area contributed by atoms with E-state index in [0.717, 1.165) is 10.7 Å². The normalized spacial score (nSPS) is 11.7. The maximum atomic E-state index is 14.0. The molecule has 25 heavy (non-hydrogen) atoms. The molecule has 0 unspecified atom stereocenters. The fourth-order valence-corrected chi connectivity index (χ4v) is 4.93. The fraction of sp³-hybridized carbons (Fsp3) is 0.188. The van der Waals surface area contributed by atoms with Crippen molar-refractivity contribution in [2.45, 2.75) is 18.7 Å². The van der Waals surface area contributed by atoms with Gasteiger partial charge in [-0.15, -0.1) is 11.3 Å². The van der Waals surface area contributed by atoms with E-state index in [1.807, 2.05) is 12.3 Å². The molecule has 0 saturated heterocycles. The first-order valence-electron chi connectivity index (χ1n) is 7.26. The van der Waals surface area contributed by atoms with Gasteiger partial charge in [0.2, 0.25) is 0 Å². The van der Waals surface area contributed by atoms with Gasteiger partial charge in [-0.25, -0.2) is 17.8 Å². The molecule has 5 nitrogen and oxygen atoms in total. The van der Waals surface area contributed by atoms with E-state index < -0.39 is 15.8 Å². The van der Waals surface area contributed by atoms with Gasteiger partial charge in [0.15, 0.2) is 0 Å². The lowest BCUT2D eigenvalue weighted by Crippen LogP contribution is -2.14. The van der Waals surface area contributed by atoms with Crippen LogP contribution in [0.3, 0.4) is 0 Å². The zero-order chi connectivity index (χ0) is 18.4. The van der Waals surface area contributed by atoms with Crippen LogP contribution in [0.2, 0.25) is 0 Å². The van der Waals surface area contributed by atoms with E-state index >= 15 is 0 Å². The van der Waals surface area contributed by atoms with Gasteiger partial charge in [-0.2, -0.15) is 0 Å². The SMILES string of the molecule is Cc1csc(-c2cc(S(=O)(=O)Nc3ccc(Br)cc3F)c(C)n2C)n1. The Morgan fingerprint density at radius 3 is 2.60 bits per heavy atom. The zero-order valence-electron chi connectivity index (χ0n) is 13.7.